The van der Waals surface area contributed by atoms with Crippen molar-refractivity contribution in [3.05, 3.63) is 76.7 Å². The van der Waals surface area contributed by atoms with E-state index in [-0.39, 0.29) is 23.5 Å². The Hall–Kier alpha value is -3.39. The van der Waals surface area contributed by atoms with Crippen LogP contribution in [-0.4, -0.2) is 31.8 Å². The van der Waals surface area contributed by atoms with Crippen molar-refractivity contribution in [2.24, 2.45) is 5.92 Å². The van der Waals surface area contributed by atoms with Crippen LogP contribution in [0.3, 0.4) is 0 Å². The lowest BCUT2D eigenvalue weighted by molar-refractivity contribution is 0.0424. The summed E-state index contributed by atoms with van der Waals surface area (Å²) in [6, 6.07) is 12.2. The number of hydrogen-bond acceptors (Lipinski definition) is 5. The van der Waals surface area contributed by atoms with E-state index in [2.05, 4.69) is 79.5 Å². The van der Waals surface area contributed by atoms with Crippen molar-refractivity contribution < 1.29 is 9.53 Å². The molecule has 1 amide bonds. The van der Waals surface area contributed by atoms with Gasteiger partial charge in [-0.15, -0.1) is 0 Å². The summed E-state index contributed by atoms with van der Waals surface area (Å²) in [5.74, 6) is 1.92. The van der Waals surface area contributed by atoms with Crippen LogP contribution in [0.2, 0.25) is 0 Å². The van der Waals surface area contributed by atoms with Gasteiger partial charge in [-0.1, -0.05) is 37.3 Å². The number of imidazole rings is 1. The monoisotopic (exact) mass is 573 g/mol. The summed E-state index contributed by atoms with van der Waals surface area (Å²) in [5, 5.41) is 6.70. The Balaban J connectivity index is 1.38. The van der Waals surface area contributed by atoms with Gasteiger partial charge >= 0.3 is 6.09 Å². The number of hydrogen-bond donors (Lipinski definition) is 2. The van der Waals surface area contributed by atoms with E-state index in [0.717, 1.165) is 63.7 Å². The van der Waals surface area contributed by atoms with Crippen LogP contribution >= 0.6 is 15.9 Å². The number of nitrogens with one attached hydrogen (secondary N) is 2. The summed E-state index contributed by atoms with van der Waals surface area (Å²) in [6.45, 7) is 7.90. The maximum atomic E-state index is 12.7. The molecule has 0 bridgehead atoms. The van der Waals surface area contributed by atoms with Crippen LogP contribution in [0.15, 0.2) is 71.0 Å². The Kier molecular flexibility index (Phi) is 5.98. The van der Waals surface area contributed by atoms with Gasteiger partial charge in [-0.25, -0.2) is 14.8 Å². The largest absolute Gasteiger partial charge is 0.444 e. The van der Waals surface area contributed by atoms with E-state index in [1.165, 1.54) is 0 Å². The zero-order valence-electron chi connectivity index (χ0n) is 22.1. The zero-order chi connectivity index (χ0) is 26.7. The van der Waals surface area contributed by atoms with Crippen molar-refractivity contribution in [3.8, 4) is 17.1 Å². The minimum absolute atomic E-state index is 0.0753. The topological polar surface area (TPSA) is 81.1 Å². The van der Waals surface area contributed by atoms with Gasteiger partial charge in [-0.05, 0) is 91.7 Å². The molecule has 0 spiro atoms. The first-order valence-corrected chi connectivity index (χ1v) is 14.0. The lowest BCUT2D eigenvalue weighted by Gasteiger charge is -2.45. The third-order valence-electron chi connectivity index (χ3n) is 7.62. The average molecular weight is 575 g/mol. The van der Waals surface area contributed by atoms with Gasteiger partial charge in [0.05, 0.1) is 22.6 Å². The van der Waals surface area contributed by atoms with Crippen molar-refractivity contribution >= 4 is 33.5 Å². The van der Waals surface area contributed by atoms with Crippen LogP contribution in [-0.2, 0) is 4.74 Å². The van der Waals surface area contributed by atoms with Gasteiger partial charge in [0.2, 0.25) is 0 Å². The molecule has 2 unspecified atom stereocenters. The maximum Gasteiger partial charge on any atom is 0.408 e. The Labute approximate surface area is 231 Å². The number of nitrogens with zero attached hydrogens (tertiary/aromatic N) is 3. The third kappa shape index (κ3) is 4.25. The molecule has 2 atom stereocenters. The summed E-state index contributed by atoms with van der Waals surface area (Å²) in [5.41, 5.74) is 4.29. The van der Waals surface area contributed by atoms with Gasteiger partial charge in [-0.2, -0.15) is 0 Å². The molecule has 2 aromatic heterocycles. The van der Waals surface area contributed by atoms with E-state index >= 15 is 0 Å². The molecular formula is C30H32BrN5O2. The van der Waals surface area contributed by atoms with Gasteiger partial charge < -0.3 is 15.4 Å². The summed E-state index contributed by atoms with van der Waals surface area (Å²) >= 11 is 3.81. The highest BCUT2D eigenvalue weighted by atomic mass is 79.9. The number of benzene rings is 1. The highest BCUT2D eigenvalue weighted by Crippen LogP contribution is 2.47. The molecule has 8 heteroatoms. The van der Waals surface area contributed by atoms with E-state index in [0.29, 0.717) is 0 Å². The van der Waals surface area contributed by atoms with Crippen LogP contribution in [0.4, 0.5) is 16.3 Å². The van der Waals surface area contributed by atoms with E-state index in [1.54, 1.807) is 6.20 Å². The molecule has 2 aliphatic carbocycles. The first kappa shape index (κ1) is 24.9. The van der Waals surface area contributed by atoms with Gasteiger partial charge in [-0.3, -0.25) is 4.57 Å². The Morgan fingerprint density at radius 3 is 2.71 bits per heavy atom. The fraction of sp³-hybridized carbons (Fsp3) is 0.367. The number of allylic oxidation sites excluding steroid dienone is 2. The number of carbonyl (C=O) groups excluding carboxylic acids is 1. The number of aromatic nitrogens is 3. The summed E-state index contributed by atoms with van der Waals surface area (Å²) in [6.07, 6.45) is 11.1. The highest BCUT2D eigenvalue weighted by Gasteiger charge is 2.43. The standard InChI is InChI=1S/C30H32BrN5O2/c1-18-17-19(30(14-8-15-30)35-28(37)38-29(2,3)4)12-13-20(18)24-25(31)34-27-21-9-5-6-10-22(21)33-26-23(36(24)27)11-7-16-32-26/h5-7,9-13,16-18,20H,8,14-15H2,1-4H3,(H,32,33)(H,35,37). The number of para-hydroxylation sites is 1. The van der Waals surface area contributed by atoms with Crippen LogP contribution in [0.5, 0.6) is 0 Å². The molecule has 0 saturated heterocycles. The number of pyridine rings is 1. The number of halogens is 1. The van der Waals surface area contributed by atoms with E-state index < -0.39 is 5.60 Å². The molecule has 3 aliphatic rings. The van der Waals surface area contributed by atoms with Gasteiger partial charge in [0.1, 0.15) is 16.0 Å². The average Bonchev–Trinajstić information content (AvgIpc) is 3.10. The van der Waals surface area contributed by atoms with E-state index in [4.69, 9.17) is 9.72 Å². The predicted molar refractivity (Wildman–Crippen MR) is 153 cm³/mol. The fourth-order valence-electron chi connectivity index (χ4n) is 5.71. The molecule has 196 valence electrons. The quantitative estimate of drug-likeness (QED) is 0.266. The normalized spacial score (nSPS) is 21.0. The predicted octanol–water partition coefficient (Wildman–Crippen LogP) is 7.42. The summed E-state index contributed by atoms with van der Waals surface area (Å²) in [4.78, 5) is 22.3. The van der Waals surface area contributed by atoms with Gasteiger partial charge in [0.15, 0.2) is 5.82 Å². The highest BCUT2D eigenvalue weighted by molar-refractivity contribution is 9.10. The fourth-order valence-corrected chi connectivity index (χ4v) is 6.31. The lowest BCUT2D eigenvalue weighted by atomic mass is 9.68. The number of alkyl carbamates (subject to hydrolysis) is 1. The molecule has 7 nitrogen and oxygen atoms in total. The molecule has 2 N–H and O–H groups in total. The van der Waals surface area contributed by atoms with Gasteiger partial charge in [0, 0.05) is 17.7 Å². The number of fused-ring (bicyclic) bond motifs is 5. The minimum atomic E-state index is -0.533. The Bertz CT molecular complexity index is 1480. The van der Waals surface area contributed by atoms with Crippen molar-refractivity contribution in [1.82, 2.24) is 19.9 Å². The molecule has 1 aliphatic heterocycles. The molecule has 1 aromatic carbocycles. The lowest BCUT2D eigenvalue weighted by Crippen LogP contribution is -2.55. The number of carbonyl (C=O) groups is 1. The van der Waals surface area contributed by atoms with Crippen LogP contribution in [0.1, 0.15) is 58.6 Å². The Morgan fingerprint density at radius 2 is 2.00 bits per heavy atom. The molecule has 6 rings (SSSR count). The van der Waals surface area contributed by atoms with E-state index in [9.17, 15) is 4.79 Å². The molecule has 3 heterocycles. The Morgan fingerprint density at radius 1 is 1.21 bits per heavy atom. The summed E-state index contributed by atoms with van der Waals surface area (Å²) < 4.78 is 8.64. The van der Waals surface area contributed by atoms with Gasteiger partial charge in [0.25, 0.3) is 0 Å². The van der Waals surface area contributed by atoms with Crippen molar-refractivity contribution in [1.29, 1.82) is 0 Å². The molecule has 1 fully saturated rings. The van der Waals surface area contributed by atoms with Crippen LogP contribution in [0.25, 0.3) is 17.1 Å². The third-order valence-corrected chi connectivity index (χ3v) is 8.21. The molecule has 0 radical (unpaired) electrons. The van der Waals surface area contributed by atoms with Crippen molar-refractivity contribution in [3.63, 3.8) is 0 Å². The molecule has 3 aromatic rings. The maximum absolute atomic E-state index is 12.7. The molecule has 1 saturated carbocycles. The first-order valence-electron chi connectivity index (χ1n) is 13.2. The minimum Gasteiger partial charge on any atom is -0.444 e. The summed E-state index contributed by atoms with van der Waals surface area (Å²) in [7, 11) is 0. The number of amides is 1. The second kappa shape index (κ2) is 9.12. The van der Waals surface area contributed by atoms with Crippen molar-refractivity contribution in [2.45, 2.75) is 64.0 Å². The van der Waals surface area contributed by atoms with E-state index in [1.807, 2.05) is 39.0 Å². The van der Waals surface area contributed by atoms with Crippen molar-refractivity contribution in [2.75, 3.05) is 5.32 Å². The van der Waals surface area contributed by atoms with Crippen LogP contribution < -0.4 is 10.6 Å². The number of anilines is 2. The molecule has 38 heavy (non-hydrogen) atoms. The zero-order valence-corrected chi connectivity index (χ0v) is 23.7. The van der Waals surface area contributed by atoms with Crippen LogP contribution in [0, 0.1) is 5.92 Å². The second-order valence-electron chi connectivity index (χ2n) is 11.4. The smallest absolute Gasteiger partial charge is 0.408 e. The number of ether oxygens (including phenoxy) is 1. The second-order valence-corrected chi connectivity index (χ2v) is 12.2. The first-order chi connectivity index (χ1) is 18.2. The molecular weight excluding hydrogens is 542 g/mol. The SMILES string of the molecule is CC1C=C(C2(NC(=O)OC(C)(C)C)CCC2)C=CC1c1c(Br)nc2n1-c1cccnc1Nc1ccccc1-2. The number of rotatable bonds is 3.